The van der Waals surface area contributed by atoms with Gasteiger partial charge in [-0.3, -0.25) is 0 Å². The molecule has 172 valence electrons. The van der Waals surface area contributed by atoms with E-state index in [-0.39, 0.29) is 0 Å². The van der Waals surface area contributed by atoms with Gasteiger partial charge in [0, 0.05) is 25.6 Å². The molecule has 0 aliphatic heterocycles. The van der Waals surface area contributed by atoms with E-state index in [9.17, 15) is 0 Å². The maximum absolute atomic E-state index is 2.39. The van der Waals surface area contributed by atoms with Gasteiger partial charge in [-0.25, -0.2) is 0 Å². The number of hydrogen-bond donors (Lipinski definition) is 0. The summed E-state index contributed by atoms with van der Waals surface area (Å²) in [5, 5.41) is 10.6. The summed E-state index contributed by atoms with van der Waals surface area (Å²) in [5.41, 5.74) is 5.08. The van der Waals surface area contributed by atoms with Crippen molar-refractivity contribution in [3.05, 3.63) is 133 Å². The summed E-state index contributed by atoms with van der Waals surface area (Å²) >= 11 is 1.92. The molecule has 0 aliphatic carbocycles. The van der Waals surface area contributed by atoms with E-state index in [4.69, 9.17) is 0 Å². The molecule has 8 rings (SSSR count). The summed E-state index contributed by atoms with van der Waals surface area (Å²) in [5.74, 6) is 0. The second-order valence-electron chi connectivity index (χ2n) is 9.72. The van der Waals surface area contributed by atoms with Crippen LogP contribution in [0.15, 0.2) is 133 Å². The first-order chi connectivity index (χ1) is 18.3. The molecule has 7 aromatic carbocycles. The molecule has 8 aromatic rings. The van der Waals surface area contributed by atoms with Crippen molar-refractivity contribution in [3.63, 3.8) is 0 Å². The highest BCUT2D eigenvalue weighted by Crippen LogP contribution is 2.45. The Kier molecular flexibility index (Phi) is 4.49. The quantitative estimate of drug-likeness (QED) is 0.213. The molecular formula is C36H22S. The van der Waals surface area contributed by atoms with Crippen LogP contribution in [0, 0.1) is 0 Å². The van der Waals surface area contributed by atoms with Crippen molar-refractivity contribution in [2.75, 3.05) is 0 Å². The smallest absolute Gasteiger partial charge is 0.0440 e. The second-order valence-corrected chi connectivity index (χ2v) is 10.8. The highest BCUT2D eigenvalue weighted by Gasteiger charge is 2.16. The van der Waals surface area contributed by atoms with E-state index >= 15 is 0 Å². The molecule has 0 atom stereocenters. The maximum atomic E-state index is 2.39. The molecule has 0 N–H and O–H groups in total. The normalized spacial score (nSPS) is 11.8. The van der Waals surface area contributed by atoms with E-state index in [2.05, 4.69) is 133 Å². The monoisotopic (exact) mass is 486 g/mol. The van der Waals surface area contributed by atoms with Gasteiger partial charge in [0.05, 0.1) is 0 Å². The molecule has 0 saturated heterocycles. The fourth-order valence-electron chi connectivity index (χ4n) is 5.91. The van der Waals surface area contributed by atoms with Crippen LogP contribution in [0.3, 0.4) is 0 Å². The Balaban J connectivity index is 1.43. The van der Waals surface area contributed by atoms with Gasteiger partial charge in [-0.05, 0) is 61.3 Å². The molecular weight excluding hydrogens is 464 g/mol. The van der Waals surface area contributed by atoms with Crippen molar-refractivity contribution >= 4 is 63.8 Å². The first kappa shape index (κ1) is 20.7. The van der Waals surface area contributed by atoms with E-state index in [1.807, 2.05) is 11.3 Å². The van der Waals surface area contributed by atoms with E-state index in [1.54, 1.807) is 0 Å². The molecule has 0 bridgehead atoms. The Morgan fingerprint density at radius 3 is 1.97 bits per heavy atom. The Hall–Kier alpha value is -4.46. The van der Waals surface area contributed by atoms with Crippen LogP contribution in [0.5, 0.6) is 0 Å². The Bertz CT molecular complexity index is 2130. The lowest BCUT2D eigenvalue weighted by atomic mass is 9.93. The maximum Gasteiger partial charge on any atom is 0.0440 e. The van der Waals surface area contributed by atoms with Gasteiger partial charge in [0.2, 0.25) is 0 Å². The van der Waals surface area contributed by atoms with E-state index < -0.39 is 0 Å². The number of rotatable bonds is 2. The molecule has 0 amide bonds. The van der Waals surface area contributed by atoms with Crippen molar-refractivity contribution in [3.8, 4) is 22.3 Å². The molecule has 0 aliphatic rings. The van der Waals surface area contributed by atoms with Crippen molar-refractivity contribution in [1.82, 2.24) is 0 Å². The molecule has 0 unspecified atom stereocenters. The molecule has 0 nitrogen and oxygen atoms in total. The summed E-state index contributed by atoms with van der Waals surface area (Å²) in [4.78, 5) is 0. The first-order valence-electron chi connectivity index (χ1n) is 12.7. The second kappa shape index (κ2) is 8.03. The van der Waals surface area contributed by atoms with Crippen LogP contribution in [0.4, 0.5) is 0 Å². The van der Waals surface area contributed by atoms with E-state index in [0.717, 1.165) is 0 Å². The van der Waals surface area contributed by atoms with Crippen LogP contribution < -0.4 is 0 Å². The van der Waals surface area contributed by atoms with Crippen molar-refractivity contribution in [2.24, 2.45) is 0 Å². The fraction of sp³-hybridized carbons (Fsp3) is 0. The lowest BCUT2D eigenvalue weighted by Gasteiger charge is -2.10. The highest BCUT2D eigenvalue weighted by atomic mass is 32.1. The number of hydrogen-bond acceptors (Lipinski definition) is 1. The van der Waals surface area contributed by atoms with Gasteiger partial charge in [0.15, 0.2) is 0 Å². The van der Waals surface area contributed by atoms with Crippen LogP contribution in [0.1, 0.15) is 0 Å². The zero-order chi connectivity index (χ0) is 24.3. The standard InChI is InChI=1S/C36H22S/c1-2-9-23(10-3-1)25-17-19-31-33(21-25)29-14-6-7-15-30(29)35-32-20-18-26(22-34(32)37-36(31)35)28-16-8-12-24-11-4-5-13-27(24)28/h1-22H. The average Bonchev–Trinajstić information content (AvgIpc) is 3.36. The van der Waals surface area contributed by atoms with Gasteiger partial charge in [-0.2, -0.15) is 0 Å². The number of fused-ring (bicyclic) bond motifs is 9. The van der Waals surface area contributed by atoms with Crippen LogP contribution in [0.2, 0.25) is 0 Å². The minimum Gasteiger partial charge on any atom is -0.134 e. The summed E-state index contributed by atoms with van der Waals surface area (Å²) in [6.07, 6.45) is 0. The van der Waals surface area contributed by atoms with Crippen LogP contribution in [-0.2, 0) is 0 Å². The van der Waals surface area contributed by atoms with E-state index in [1.165, 1.54) is 74.7 Å². The van der Waals surface area contributed by atoms with Crippen molar-refractivity contribution in [1.29, 1.82) is 0 Å². The third kappa shape index (κ3) is 3.15. The molecule has 0 fully saturated rings. The largest absolute Gasteiger partial charge is 0.134 e. The van der Waals surface area contributed by atoms with Gasteiger partial charge in [0.25, 0.3) is 0 Å². The molecule has 0 saturated carbocycles. The zero-order valence-corrected chi connectivity index (χ0v) is 20.9. The zero-order valence-electron chi connectivity index (χ0n) is 20.1. The molecule has 37 heavy (non-hydrogen) atoms. The van der Waals surface area contributed by atoms with Crippen molar-refractivity contribution in [2.45, 2.75) is 0 Å². The number of benzene rings is 7. The molecule has 1 heterocycles. The Morgan fingerprint density at radius 1 is 0.378 bits per heavy atom. The van der Waals surface area contributed by atoms with Crippen molar-refractivity contribution < 1.29 is 0 Å². The minimum atomic E-state index is 1.25. The van der Waals surface area contributed by atoms with Gasteiger partial charge in [0.1, 0.15) is 0 Å². The van der Waals surface area contributed by atoms with Gasteiger partial charge in [-0.1, -0.05) is 121 Å². The van der Waals surface area contributed by atoms with Gasteiger partial charge >= 0.3 is 0 Å². The predicted molar refractivity (Wildman–Crippen MR) is 163 cm³/mol. The SMILES string of the molecule is c1ccc(-c2ccc3c(c2)c2ccccc2c2c4ccc(-c5cccc6ccccc56)cc4sc32)cc1. The summed E-state index contributed by atoms with van der Waals surface area (Å²) in [6, 6.07) is 48.8. The van der Waals surface area contributed by atoms with Crippen LogP contribution in [0.25, 0.3) is 74.7 Å². The lowest BCUT2D eigenvalue weighted by Crippen LogP contribution is -1.83. The molecule has 0 radical (unpaired) electrons. The summed E-state index contributed by atoms with van der Waals surface area (Å²) < 4.78 is 2.71. The first-order valence-corrected chi connectivity index (χ1v) is 13.5. The third-order valence-corrected chi connectivity index (χ3v) is 8.83. The molecule has 1 aromatic heterocycles. The fourth-order valence-corrected chi connectivity index (χ4v) is 7.21. The number of thiophene rings is 1. The minimum absolute atomic E-state index is 1.25. The highest BCUT2D eigenvalue weighted by molar-refractivity contribution is 7.27. The predicted octanol–water partition coefficient (Wildman–Crippen LogP) is 10.8. The third-order valence-electron chi connectivity index (χ3n) is 7.65. The summed E-state index contributed by atoms with van der Waals surface area (Å²) in [7, 11) is 0. The van der Waals surface area contributed by atoms with Gasteiger partial charge in [-0.15, -0.1) is 11.3 Å². The van der Waals surface area contributed by atoms with E-state index in [0.29, 0.717) is 0 Å². The Morgan fingerprint density at radius 2 is 1.08 bits per heavy atom. The topological polar surface area (TPSA) is 0 Å². The summed E-state index contributed by atoms with van der Waals surface area (Å²) in [6.45, 7) is 0. The molecule has 0 spiro atoms. The molecule has 1 heteroatoms. The average molecular weight is 487 g/mol. The Labute approximate surface area is 219 Å². The van der Waals surface area contributed by atoms with Gasteiger partial charge < -0.3 is 0 Å². The lowest BCUT2D eigenvalue weighted by molar-refractivity contribution is 1.65. The van der Waals surface area contributed by atoms with Crippen LogP contribution >= 0.6 is 11.3 Å². The van der Waals surface area contributed by atoms with Crippen LogP contribution in [-0.4, -0.2) is 0 Å².